The molecule has 0 aliphatic rings. The number of esters is 1. The largest absolute Gasteiger partial charge is 0.465 e. The molecule has 0 aliphatic heterocycles. The van der Waals surface area contributed by atoms with E-state index in [-0.39, 0.29) is 36.8 Å². The molecule has 0 atom stereocenters. The molecule has 0 aromatic heterocycles. The summed E-state index contributed by atoms with van der Waals surface area (Å²) >= 11 is 3.20. The topological polar surface area (TPSA) is 93.2 Å². The lowest BCUT2D eigenvalue weighted by Gasteiger charge is -2.22. The number of ether oxygens (including phenoxy) is 2. The zero-order valence-electron chi connectivity index (χ0n) is 15.2. The van der Waals surface area contributed by atoms with Crippen molar-refractivity contribution in [2.24, 2.45) is 0 Å². The Bertz CT molecular complexity index is 751. The first kappa shape index (κ1) is 22.6. The van der Waals surface area contributed by atoms with Gasteiger partial charge in [0, 0.05) is 37.8 Å². The standard InChI is InChI=1S/C16H23BrN2O6S/c1-5-25-15(20)11-19(8-9-24-4)16(21)12-6-7-13(17)14(10-12)26(22,23)18(2)3/h6-7,10H,5,8-9,11H2,1-4H3. The van der Waals surface area contributed by atoms with E-state index in [4.69, 9.17) is 9.47 Å². The second-order valence-corrected chi connectivity index (χ2v) is 8.43. The monoisotopic (exact) mass is 450 g/mol. The van der Waals surface area contributed by atoms with Crippen LogP contribution < -0.4 is 0 Å². The molecule has 1 rings (SSSR count). The van der Waals surface area contributed by atoms with Gasteiger partial charge in [0.2, 0.25) is 10.0 Å². The number of amides is 1. The maximum Gasteiger partial charge on any atom is 0.325 e. The van der Waals surface area contributed by atoms with E-state index in [1.54, 1.807) is 6.92 Å². The Morgan fingerprint density at radius 2 is 1.88 bits per heavy atom. The lowest BCUT2D eigenvalue weighted by atomic mass is 10.2. The molecule has 0 radical (unpaired) electrons. The van der Waals surface area contributed by atoms with Crippen LogP contribution in [0.5, 0.6) is 0 Å². The van der Waals surface area contributed by atoms with Gasteiger partial charge in [-0.05, 0) is 41.1 Å². The molecule has 10 heteroatoms. The highest BCUT2D eigenvalue weighted by Gasteiger charge is 2.25. The van der Waals surface area contributed by atoms with Gasteiger partial charge in [-0.2, -0.15) is 0 Å². The number of methoxy groups -OCH3 is 1. The zero-order chi connectivity index (χ0) is 19.9. The van der Waals surface area contributed by atoms with Crippen molar-refractivity contribution in [1.82, 2.24) is 9.21 Å². The Morgan fingerprint density at radius 1 is 1.23 bits per heavy atom. The number of hydrogen-bond acceptors (Lipinski definition) is 6. The Labute approximate surface area is 162 Å². The highest BCUT2D eigenvalue weighted by molar-refractivity contribution is 9.10. The van der Waals surface area contributed by atoms with Crippen molar-refractivity contribution in [3.05, 3.63) is 28.2 Å². The van der Waals surface area contributed by atoms with Crippen molar-refractivity contribution >= 4 is 37.8 Å². The first-order chi connectivity index (χ1) is 12.1. The maximum absolute atomic E-state index is 12.8. The molecule has 0 spiro atoms. The fraction of sp³-hybridized carbons (Fsp3) is 0.500. The molecule has 0 N–H and O–H groups in total. The summed E-state index contributed by atoms with van der Waals surface area (Å²) in [5.74, 6) is -1.03. The van der Waals surface area contributed by atoms with Gasteiger partial charge < -0.3 is 14.4 Å². The summed E-state index contributed by atoms with van der Waals surface area (Å²) in [6.45, 7) is 2.02. The van der Waals surface area contributed by atoms with E-state index in [2.05, 4.69) is 15.9 Å². The number of rotatable bonds is 9. The molecular formula is C16H23BrN2O6S. The van der Waals surface area contributed by atoms with E-state index in [1.807, 2.05) is 0 Å². The average Bonchev–Trinajstić information content (AvgIpc) is 2.58. The average molecular weight is 451 g/mol. The van der Waals surface area contributed by atoms with E-state index in [0.29, 0.717) is 4.47 Å². The molecule has 0 saturated carbocycles. The summed E-state index contributed by atoms with van der Waals surface area (Å²) in [7, 11) is 0.551. The van der Waals surface area contributed by atoms with Gasteiger partial charge in [-0.1, -0.05) is 0 Å². The van der Waals surface area contributed by atoms with Crippen LogP contribution in [0, 0.1) is 0 Å². The third-order valence-electron chi connectivity index (χ3n) is 3.41. The van der Waals surface area contributed by atoms with Gasteiger partial charge in [-0.3, -0.25) is 9.59 Å². The first-order valence-corrected chi connectivity index (χ1v) is 10.0. The normalized spacial score (nSPS) is 11.5. The summed E-state index contributed by atoms with van der Waals surface area (Å²) in [5, 5.41) is 0. The van der Waals surface area contributed by atoms with E-state index in [9.17, 15) is 18.0 Å². The highest BCUT2D eigenvalue weighted by Crippen LogP contribution is 2.25. The van der Waals surface area contributed by atoms with Crippen molar-refractivity contribution in [1.29, 1.82) is 0 Å². The molecule has 1 aromatic rings. The van der Waals surface area contributed by atoms with Crippen molar-refractivity contribution in [3.63, 3.8) is 0 Å². The summed E-state index contributed by atoms with van der Waals surface area (Å²) in [5.41, 5.74) is 0.147. The van der Waals surface area contributed by atoms with Gasteiger partial charge in [0.1, 0.15) is 6.54 Å². The molecule has 0 unspecified atom stereocenters. The lowest BCUT2D eigenvalue weighted by molar-refractivity contribution is -0.143. The zero-order valence-corrected chi connectivity index (χ0v) is 17.6. The van der Waals surface area contributed by atoms with Crippen LogP contribution in [0.1, 0.15) is 17.3 Å². The molecule has 0 bridgehead atoms. The first-order valence-electron chi connectivity index (χ1n) is 7.81. The molecule has 146 valence electrons. The Morgan fingerprint density at radius 3 is 2.42 bits per heavy atom. The van der Waals surface area contributed by atoms with Crippen molar-refractivity contribution in [2.75, 3.05) is 47.5 Å². The molecular weight excluding hydrogens is 428 g/mol. The summed E-state index contributed by atoms with van der Waals surface area (Å²) in [6.07, 6.45) is 0. The van der Waals surface area contributed by atoms with Crippen LogP contribution in [0.25, 0.3) is 0 Å². The summed E-state index contributed by atoms with van der Waals surface area (Å²) < 4.78 is 36.1. The number of carbonyl (C=O) groups excluding carboxylic acids is 2. The summed E-state index contributed by atoms with van der Waals surface area (Å²) in [6, 6.07) is 4.27. The van der Waals surface area contributed by atoms with Crippen LogP contribution in [0.2, 0.25) is 0 Å². The van der Waals surface area contributed by atoms with Crippen LogP contribution in [-0.4, -0.2) is 77.0 Å². The fourth-order valence-corrected chi connectivity index (χ4v) is 3.87. The van der Waals surface area contributed by atoms with Gasteiger partial charge in [-0.15, -0.1) is 0 Å². The molecule has 0 fully saturated rings. The minimum absolute atomic E-state index is 0.0313. The molecule has 26 heavy (non-hydrogen) atoms. The molecule has 0 aliphatic carbocycles. The second-order valence-electron chi connectivity index (χ2n) is 5.46. The minimum atomic E-state index is -3.74. The van der Waals surface area contributed by atoms with Gasteiger partial charge in [-0.25, -0.2) is 12.7 Å². The van der Waals surface area contributed by atoms with Crippen LogP contribution in [0.4, 0.5) is 0 Å². The number of hydrogen-bond donors (Lipinski definition) is 0. The SMILES string of the molecule is CCOC(=O)CN(CCOC)C(=O)c1ccc(Br)c(S(=O)(=O)N(C)C)c1. The number of benzene rings is 1. The third-order valence-corrected chi connectivity index (χ3v) is 6.22. The number of nitrogens with zero attached hydrogens (tertiary/aromatic N) is 2. The second kappa shape index (κ2) is 10.0. The number of sulfonamides is 1. The van der Waals surface area contributed by atoms with Crippen molar-refractivity contribution in [3.8, 4) is 0 Å². The van der Waals surface area contributed by atoms with E-state index >= 15 is 0 Å². The van der Waals surface area contributed by atoms with Crippen LogP contribution in [0.15, 0.2) is 27.6 Å². The molecule has 1 amide bonds. The Hall–Kier alpha value is -1.49. The summed E-state index contributed by atoms with van der Waals surface area (Å²) in [4.78, 5) is 25.8. The molecule has 1 aromatic carbocycles. The smallest absolute Gasteiger partial charge is 0.325 e. The van der Waals surface area contributed by atoms with Gasteiger partial charge in [0.05, 0.1) is 18.1 Å². The maximum atomic E-state index is 12.8. The van der Waals surface area contributed by atoms with Crippen LogP contribution >= 0.6 is 15.9 Å². The van der Waals surface area contributed by atoms with Gasteiger partial charge in [0.25, 0.3) is 5.91 Å². The molecule has 0 heterocycles. The predicted octanol–water partition coefficient (Wildman–Crippen LogP) is 1.35. The number of halogens is 1. The predicted molar refractivity (Wildman–Crippen MR) is 99.4 cm³/mol. The van der Waals surface area contributed by atoms with Crippen molar-refractivity contribution in [2.45, 2.75) is 11.8 Å². The molecule has 0 saturated heterocycles. The Kier molecular flexibility index (Phi) is 8.68. The third kappa shape index (κ3) is 5.76. The highest BCUT2D eigenvalue weighted by atomic mass is 79.9. The van der Waals surface area contributed by atoms with Gasteiger partial charge in [0.15, 0.2) is 0 Å². The van der Waals surface area contributed by atoms with E-state index < -0.39 is 21.9 Å². The molecule has 8 nitrogen and oxygen atoms in total. The van der Waals surface area contributed by atoms with Crippen molar-refractivity contribution < 1.29 is 27.5 Å². The Balaban J connectivity index is 3.20. The lowest BCUT2D eigenvalue weighted by Crippen LogP contribution is -2.38. The van der Waals surface area contributed by atoms with E-state index in [1.165, 1.54) is 44.3 Å². The quantitative estimate of drug-likeness (QED) is 0.527. The number of carbonyl (C=O) groups is 2. The van der Waals surface area contributed by atoms with Crippen LogP contribution in [0.3, 0.4) is 0 Å². The van der Waals surface area contributed by atoms with Gasteiger partial charge >= 0.3 is 5.97 Å². The van der Waals surface area contributed by atoms with Crippen LogP contribution in [-0.2, 0) is 24.3 Å². The van der Waals surface area contributed by atoms with E-state index in [0.717, 1.165) is 4.31 Å². The fourth-order valence-electron chi connectivity index (χ4n) is 2.03. The minimum Gasteiger partial charge on any atom is -0.465 e.